The van der Waals surface area contributed by atoms with Gasteiger partial charge in [0.2, 0.25) is 0 Å². The quantitative estimate of drug-likeness (QED) is 0.227. The third-order valence-corrected chi connectivity index (χ3v) is 4.96. The first-order valence-corrected chi connectivity index (χ1v) is 11.3. The van der Waals surface area contributed by atoms with Crippen LogP contribution >= 0.6 is 0 Å². The number of ether oxygens (including phenoxy) is 2. The largest absolute Gasteiger partial charge is 1.00 e. The molecule has 0 aliphatic carbocycles. The minimum atomic E-state index is -4.14. The second kappa shape index (κ2) is 17.4. The van der Waals surface area contributed by atoms with Crippen LogP contribution in [0.3, 0.4) is 0 Å². The van der Waals surface area contributed by atoms with E-state index in [9.17, 15) is 13.0 Å². The maximum absolute atomic E-state index is 10.4. The summed E-state index contributed by atoms with van der Waals surface area (Å²) in [5.74, 6) is 0.424. The van der Waals surface area contributed by atoms with E-state index in [1.807, 2.05) is 12.1 Å². The fraction of sp³-hybridized carbons (Fsp3) is 0.700. The van der Waals surface area contributed by atoms with Crippen LogP contribution in [0.4, 0.5) is 0 Å². The molecule has 0 heterocycles. The zero-order valence-corrected chi connectivity index (χ0v) is 20.9. The van der Waals surface area contributed by atoms with E-state index in [-0.39, 0.29) is 70.2 Å². The van der Waals surface area contributed by atoms with E-state index < -0.39 is 10.1 Å². The molecule has 7 heteroatoms. The van der Waals surface area contributed by atoms with Crippen LogP contribution in [0.2, 0.25) is 0 Å². The van der Waals surface area contributed by atoms with Crippen LogP contribution < -0.4 is 56.1 Å². The molecule has 27 heavy (non-hydrogen) atoms. The molecule has 0 fully saturated rings. The van der Waals surface area contributed by atoms with Crippen molar-refractivity contribution in [1.29, 1.82) is 0 Å². The Hall–Kier alpha value is 0.526. The number of benzene rings is 1. The van der Waals surface area contributed by atoms with Crippen LogP contribution in [0, 0.1) is 0 Å². The summed E-state index contributed by atoms with van der Waals surface area (Å²) in [6.07, 6.45) is 10.6. The Balaban J connectivity index is 0.00000676. The second-order valence-electron chi connectivity index (χ2n) is 6.59. The van der Waals surface area contributed by atoms with Gasteiger partial charge in [-0.1, -0.05) is 57.6 Å². The average molecular weight is 425 g/mol. The predicted octanol–water partition coefficient (Wildman–Crippen LogP) is 1.31. The Morgan fingerprint density at radius 2 is 1.48 bits per heavy atom. The van der Waals surface area contributed by atoms with Crippen molar-refractivity contribution in [2.75, 3.05) is 25.6 Å². The van der Waals surface area contributed by atoms with E-state index in [1.165, 1.54) is 50.5 Å². The van der Waals surface area contributed by atoms with Crippen molar-refractivity contribution in [2.45, 2.75) is 64.7 Å². The summed E-state index contributed by atoms with van der Waals surface area (Å²) in [5.41, 5.74) is 1.33. The SMILES string of the molecule is CCCCCCCCCc1ccc(OCCOCCCS(=O)(=O)[O-])cc1.[K+]. The number of rotatable bonds is 16. The van der Waals surface area contributed by atoms with E-state index >= 15 is 0 Å². The molecule has 0 aromatic heterocycles. The minimum Gasteiger partial charge on any atom is -0.748 e. The van der Waals surface area contributed by atoms with E-state index in [0.29, 0.717) is 13.2 Å². The van der Waals surface area contributed by atoms with E-state index in [2.05, 4.69) is 19.1 Å². The monoisotopic (exact) mass is 424 g/mol. The Morgan fingerprint density at radius 3 is 2.11 bits per heavy atom. The molecule has 0 atom stereocenters. The summed E-state index contributed by atoms with van der Waals surface area (Å²) >= 11 is 0. The van der Waals surface area contributed by atoms with Crippen LogP contribution in [0.15, 0.2) is 24.3 Å². The van der Waals surface area contributed by atoms with E-state index in [0.717, 1.165) is 12.2 Å². The summed E-state index contributed by atoms with van der Waals surface area (Å²) in [7, 11) is -4.14. The summed E-state index contributed by atoms with van der Waals surface area (Å²) in [6.45, 7) is 3.27. The summed E-state index contributed by atoms with van der Waals surface area (Å²) < 4.78 is 42.1. The number of hydrogen-bond acceptors (Lipinski definition) is 5. The van der Waals surface area contributed by atoms with Crippen molar-refractivity contribution < 1.29 is 73.8 Å². The van der Waals surface area contributed by atoms with E-state index in [1.54, 1.807) is 0 Å². The number of unbranched alkanes of at least 4 members (excludes halogenated alkanes) is 6. The first kappa shape index (κ1) is 27.5. The minimum absolute atomic E-state index is 0. The maximum Gasteiger partial charge on any atom is 1.00 e. The van der Waals surface area contributed by atoms with Crippen LogP contribution in [-0.4, -0.2) is 38.5 Å². The van der Waals surface area contributed by atoms with Gasteiger partial charge in [-0.2, -0.15) is 0 Å². The molecule has 150 valence electrons. The predicted molar refractivity (Wildman–Crippen MR) is 104 cm³/mol. The van der Waals surface area contributed by atoms with Gasteiger partial charge in [0.05, 0.1) is 16.7 Å². The van der Waals surface area contributed by atoms with Crippen molar-refractivity contribution in [3.63, 3.8) is 0 Å². The van der Waals surface area contributed by atoms with Gasteiger partial charge in [0, 0.05) is 12.4 Å². The molecule has 1 rings (SSSR count). The molecule has 0 aliphatic rings. The van der Waals surface area contributed by atoms with Crippen molar-refractivity contribution in [3.05, 3.63) is 29.8 Å². The van der Waals surface area contributed by atoms with Gasteiger partial charge in [-0.3, -0.25) is 0 Å². The molecule has 0 spiro atoms. The van der Waals surface area contributed by atoms with Crippen molar-refractivity contribution >= 4 is 10.1 Å². The first-order valence-electron chi connectivity index (χ1n) is 9.74. The van der Waals surface area contributed by atoms with Crippen LogP contribution in [0.5, 0.6) is 5.75 Å². The van der Waals surface area contributed by atoms with Gasteiger partial charge in [0.1, 0.15) is 12.4 Å². The molecule has 0 bridgehead atoms. The Morgan fingerprint density at radius 1 is 0.852 bits per heavy atom. The molecule has 0 saturated carbocycles. The molecule has 0 saturated heterocycles. The Bertz CT molecular complexity index is 560. The molecule has 0 unspecified atom stereocenters. The van der Waals surface area contributed by atoms with Crippen molar-refractivity contribution in [1.82, 2.24) is 0 Å². The maximum atomic E-state index is 10.4. The first-order chi connectivity index (χ1) is 12.5. The summed E-state index contributed by atoms with van der Waals surface area (Å²) in [4.78, 5) is 0. The van der Waals surface area contributed by atoms with Crippen molar-refractivity contribution in [2.24, 2.45) is 0 Å². The van der Waals surface area contributed by atoms with Crippen molar-refractivity contribution in [3.8, 4) is 5.75 Å². The van der Waals surface area contributed by atoms with Gasteiger partial charge in [-0.15, -0.1) is 0 Å². The average Bonchev–Trinajstić information content (AvgIpc) is 2.60. The fourth-order valence-electron chi connectivity index (χ4n) is 2.70. The molecular formula is C20H33KO5S. The standard InChI is InChI=1S/C20H34O5S.K/c1-2-3-4-5-6-7-8-10-19-11-13-20(14-12-19)25-17-16-24-15-9-18-26(21,22)23;/h11-14H,2-10,15-18H2,1H3,(H,21,22,23);/q;+1/p-1. The second-order valence-corrected chi connectivity index (χ2v) is 8.12. The van der Waals surface area contributed by atoms with E-state index in [4.69, 9.17) is 9.47 Å². The molecule has 0 radical (unpaired) electrons. The Kier molecular flexibility index (Phi) is 17.7. The molecule has 1 aromatic carbocycles. The normalized spacial score (nSPS) is 11.2. The van der Waals surface area contributed by atoms with Gasteiger partial charge in [0.25, 0.3) is 0 Å². The zero-order chi connectivity index (χ0) is 19.1. The van der Waals surface area contributed by atoms with Gasteiger partial charge < -0.3 is 14.0 Å². The third kappa shape index (κ3) is 17.1. The molecule has 1 aromatic rings. The number of aryl methyl sites for hydroxylation is 1. The Labute approximate surface area is 207 Å². The molecule has 0 aliphatic heterocycles. The molecule has 0 N–H and O–H groups in total. The smallest absolute Gasteiger partial charge is 0.748 e. The van der Waals surface area contributed by atoms with Gasteiger partial charge in [-0.25, -0.2) is 8.42 Å². The number of hydrogen-bond donors (Lipinski definition) is 0. The third-order valence-electron chi connectivity index (χ3n) is 4.17. The van der Waals surface area contributed by atoms with Gasteiger partial charge in [-0.05, 0) is 37.0 Å². The fourth-order valence-corrected chi connectivity index (χ4v) is 3.17. The molecular weight excluding hydrogens is 391 g/mol. The van der Waals surface area contributed by atoms with Crippen LogP contribution in [0.25, 0.3) is 0 Å². The summed E-state index contributed by atoms with van der Waals surface area (Å²) in [6, 6.07) is 8.15. The summed E-state index contributed by atoms with van der Waals surface area (Å²) in [5, 5.41) is 0. The molecule has 5 nitrogen and oxygen atoms in total. The zero-order valence-electron chi connectivity index (χ0n) is 17.0. The van der Waals surface area contributed by atoms with Crippen LogP contribution in [-0.2, 0) is 21.3 Å². The molecule has 0 amide bonds. The van der Waals surface area contributed by atoms with Crippen LogP contribution in [0.1, 0.15) is 63.9 Å². The topological polar surface area (TPSA) is 75.7 Å². The van der Waals surface area contributed by atoms with Gasteiger partial charge >= 0.3 is 51.4 Å². The van der Waals surface area contributed by atoms with Gasteiger partial charge in [0.15, 0.2) is 0 Å².